The Hall–Kier alpha value is -3.75. The molecule has 2 aromatic rings. The normalized spacial score (nSPS) is 12.0. The van der Waals surface area contributed by atoms with Crippen LogP contribution in [0.3, 0.4) is 0 Å². The fourth-order valence-electron chi connectivity index (χ4n) is 2.65. The Morgan fingerprint density at radius 1 is 1.16 bits per heavy atom. The van der Waals surface area contributed by atoms with Crippen molar-refractivity contribution in [3.05, 3.63) is 69.9 Å². The fourth-order valence-corrected chi connectivity index (χ4v) is 2.65. The Morgan fingerprint density at radius 2 is 1.87 bits per heavy atom. The summed E-state index contributed by atoms with van der Waals surface area (Å²) in [4.78, 5) is 33.4. The maximum atomic E-state index is 11.7. The Labute approximate surface area is 179 Å². The van der Waals surface area contributed by atoms with Gasteiger partial charge < -0.3 is 14.6 Å². The van der Waals surface area contributed by atoms with E-state index in [0.29, 0.717) is 18.1 Å². The predicted octanol–water partition coefficient (Wildman–Crippen LogP) is 3.97. The van der Waals surface area contributed by atoms with Gasteiger partial charge in [-0.2, -0.15) is 0 Å². The molecular formula is C21H23N5O5. The SMILES string of the molecule is CCOC(Cc1ccc(OC/C(=N/C(=O)N=[N+]=[N-])c2ccc(CC)cn2)cc1)C(=O)O. The van der Waals surface area contributed by atoms with Crippen LogP contribution >= 0.6 is 0 Å². The molecule has 0 spiro atoms. The van der Waals surface area contributed by atoms with Crippen molar-refractivity contribution in [2.24, 2.45) is 10.1 Å². The first-order valence-corrected chi connectivity index (χ1v) is 9.64. The van der Waals surface area contributed by atoms with Crippen LogP contribution in [0.25, 0.3) is 10.4 Å². The summed E-state index contributed by atoms with van der Waals surface area (Å²) in [7, 11) is 0. The van der Waals surface area contributed by atoms with Gasteiger partial charge in [0.05, 0.1) is 5.69 Å². The number of aromatic nitrogens is 1. The first kappa shape index (κ1) is 23.5. The topological polar surface area (TPSA) is 147 Å². The van der Waals surface area contributed by atoms with Crippen molar-refractivity contribution in [1.29, 1.82) is 0 Å². The van der Waals surface area contributed by atoms with Gasteiger partial charge in [-0.25, -0.2) is 9.79 Å². The lowest BCUT2D eigenvalue weighted by molar-refractivity contribution is -0.149. The van der Waals surface area contributed by atoms with Gasteiger partial charge in [-0.15, -0.1) is 0 Å². The highest BCUT2D eigenvalue weighted by atomic mass is 16.5. The summed E-state index contributed by atoms with van der Waals surface area (Å²) in [6, 6.07) is 9.42. The summed E-state index contributed by atoms with van der Waals surface area (Å²) >= 11 is 0. The molecule has 2 rings (SSSR count). The molecule has 1 atom stereocenters. The second-order valence-electron chi connectivity index (χ2n) is 6.35. The number of carbonyl (C=O) groups excluding carboxylic acids is 1. The molecule has 10 nitrogen and oxygen atoms in total. The second kappa shape index (κ2) is 12.1. The number of benzene rings is 1. The number of amides is 2. The zero-order valence-electron chi connectivity index (χ0n) is 17.3. The van der Waals surface area contributed by atoms with E-state index in [0.717, 1.165) is 17.5 Å². The minimum absolute atomic E-state index is 0.0821. The molecule has 31 heavy (non-hydrogen) atoms. The molecule has 1 unspecified atom stereocenters. The summed E-state index contributed by atoms with van der Waals surface area (Å²) in [5, 5.41) is 12.1. The molecule has 0 saturated heterocycles. The minimum atomic E-state index is -1.02. The molecule has 0 saturated carbocycles. The molecule has 162 valence electrons. The summed E-state index contributed by atoms with van der Waals surface area (Å²) in [6.45, 7) is 3.96. The van der Waals surface area contributed by atoms with Crippen molar-refractivity contribution in [2.75, 3.05) is 13.2 Å². The lowest BCUT2D eigenvalue weighted by Crippen LogP contribution is -2.26. The third kappa shape index (κ3) is 7.54. The van der Waals surface area contributed by atoms with Crippen molar-refractivity contribution in [3.8, 4) is 5.75 Å². The Morgan fingerprint density at radius 3 is 2.42 bits per heavy atom. The number of hydrogen-bond donors (Lipinski definition) is 1. The number of hydrogen-bond acceptors (Lipinski definition) is 5. The van der Waals surface area contributed by atoms with Crippen LogP contribution in [0, 0.1) is 0 Å². The lowest BCUT2D eigenvalue weighted by Gasteiger charge is -2.13. The maximum Gasteiger partial charge on any atom is 0.334 e. The molecule has 1 aromatic heterocycles. The number of nitrogens with zero attached hydrogens (tertiary/aromatic N) is 5. The van der Waals surface area contributed by atoms with Crippen molar-refractivity contribution in [3.63, 3.8) is 0 Å². The highest BCUT2D eigenvalue weighted by molar-refractivity contribution is 6.06. The number of azide groups is 1. The molecule has 1 heterocycles. The van der Waals surface area contributed by atoms with Gasteiger partial charge in [0.15, 0.2) is 6.10 Å². The van der Waals surface area contributed by atoms with Crippen LogP contribution in [-0.2, 0) is 22.4 Å². The van der Waals surface area contributed by atoms with E-state index in [-0.39, 0.29) is 18.7 Å². The average molecular weight is 425 g/mol. The number of ether oxygens (including phenoxy) is 2. The first-order valence-electron chi connectivity index (χ1n) is 9.64. The quantitative estimate of drug-likeness (QED) is 0.264. The van der Waals surface area contributed by atoms with E-state index in [2.05, 4.69) is 20.0 Å². The number of pyridine rings is 1. The van der Waals surface area contributed by atoms with Crippen LogP contribution < -0.4 is 4.74 Å². The van der Waals surface area contributed by atoms with Crippen molar-refractivity contribution in [2.45, 2.75) is 32.8 Å². The van der Waals surface area contributed by atoms with Gasteiger partial charge in [-0.3, -0.25) is 9.78 Å². The molecule has 2 amide bonds. The minimum Gasteiger partial charge on any atom is -0.487 e. The number of urea groups is 1. The van der Waals surface area contributed by atoms with Gasteiger partial charge in [-0.1, -0.05) is 25.1 Å². The van der Waals surface area contributed by atoms with Crippen LogP contribution in [0.2, 0.25) is 0 Å². The van der Waals surface area contributed by atoms with Gasteiger partial charge in [0.25, 0.3) is 0 Å². The van der Waals surface area contributed by atoms with Crippen LogP contribution in [0.4, 0.5) is 4.79 Å². The second-order valence-corrected chi connectivity index (χ2v) is 6.35. The van der Waals surface area contributed by atoms with Crippen molar-refractivity contribution < 1.29 is 24.2 Å². The Bertz CT molecular complexity index is 967. The zero-order chi connectivity index (χ0) is 22.6. The number of carboxylic acid groups (broad SMARTS) is 1. The molecule has 0 radical (unpaired) electrons. The predicted molar refractivity (Wildman–Crippen MR) is 113 cm³/mol. The number of carboxylic acids is 1. The third-order valence-electron chi connectivity index (χ3n) is 4.25. The van der Waals surface area contributed by atoms with Crippen LogP contribution in [0.1, 0.15) is 30.7 Å². The van der Waals surface area contributed by atoms with E-state index in [1.165, 1.54) is 0 Å². The number of carbonyl (C=O) groups is 2. The molecule has 0 aliphatic carbocycles. The molecule has 0 aliphatic heterocycles. The van der Waals surface area contributed by atoms with Gasteiger partial charge in [-0.05, 0) is 48.2 Å². The van der Waals surface area contributed by atoms with Gasteiger partial charge >= 0.3 is 12.0 Å². The van der Waals surface area contributed by atoms with E-state index in [9.17, 15) is 14.7 Å². The number of rotatable bonds is 10. The molecule has 1 N–H and O–H groups in total. The van der Waals surface area contributed by atoms with Crippen molar-refractivity contribution in [1.82, 2.24) is 4.98 Å². The molecular weight excluding hydrogens is 402 g/mol. The Balaban J connectivity index is 2.12. The number of aliphatic imine (C=N–C) groups is 1. The fraction of sp³-hybridized carbons (Fsp3) is 0.333. The van der Waals surface area contributed by atoms with Crippen LogP contribution in [0.5, 0.6) is 5.75 Å². The van der Waals surface area contributed by atoms with E-state index in [1.54, 1.807) is 43.5 Å². The van der Waals surface area contributed by atoms with Crippen molar-refractivity contribution >= 4 is 17.7 Å². The molecule has 10 heteroatoms. The monoisotopic (exact) mass is 425 g/mol. The van der Waals surface area contributed by atoms with E-state index < -0.39 is 18.1 Å². The summed E-state index contributed by atoms with van der Waals surface area (Å²) in [6.07, 6.45) is 1.80. The first-order chi connectivity index (χ1) is 15.0. The lowest BCUT2D eigenvalue weighted by atomic mass is 10.1. The smallest absolute Gasteiger partial charge is 0.334 e. The van der Waals surface area contributed by atoms with E-state index in [4.69, 9.17) is 15.0 Å². The summed E-state index contributed by atoms with van der Waals surface area (Å²) in [5.74, 6) is -0.532. The Kier molecular flexibility index (Phi) is 9.15. The van der Waals surface area contributed by atoms with E-state index in [1.807, 2.05) is 13.0 Å². The molecule has 0 aliphatic rings. The molecule has 0 fully saturated rings. The third-order valence-corrected chi connectivity index (χ3v) is 4.25. The summed E-state index contributed by atoms with van der Waals surface area (Å²) < 4.78 is 10.9. The zero-order valence-corrected chi connectivity index (χ0v) is 17.3. The standard InChI is InChI=1S/C21H23N5O5/c1-3-14-7-10-17(23-12-14)18(24-21(29)25-26-22)13-31-16-8-5-15(6-9-16)11-19(20(27)28)30-4-2/h5-10,12,19H,3-4,11,13H2,1-2H3,(H,27,28)/b24-18-. The van der Waals surface area contributed by atoms with Gasteiger partial charge in [0, 0.05) is 29.3 Å². The summed E-state index contributed by atoms with van der Waals surface area (Å²) in [5.41, 5.74) is 10.9. The van der Waals surface area contributed by atoms with Crippen LogP contribution in [0.15, 0.2) is 52.7 Å². The van der Waals surface area contributed by atoms with Gasteiger partial charge in [0.1, 0.15) is 18.1 Å². The van der Waals surface area contributed by atoms with E-state index >= 15 is 0 Å². The molecule has 0 bridgehead atoms. The number of aliphatic carboxylic acids is 1. The molecule has 1 aromatic carbocycles. The average Bonchev–Trinajstić information content (AvgIpc) is 2.77. The highest BCUT2D eigenvalue weighted by Crippen LogP contribution is 2.15. The highest BCUT2D eigenvalue weighted by Gasteiger charge is 2.18. The maximum absolute atomic E-state index is 11.7. The largest absolute Gasteiger partial charge is 0.487 e. The van der Waals surface area contributed by atoms with Gasteiger partial charge in [0.2, 0.25) is 0 Å². The van der Waals surface area contributed by atoms with Crippen LogP contribution in [-0.4, -0.2) is 47.1 Å². The number of aryl methyl sites for hydroxylation is 1.